The van der Waals surface area contributed by atoms with Crippen LogP contribution in [0, 0.1) is 16.4 Å². The van der Waals surface area contributed by atoms with Gasteiger partial charge in [-0.2, -0.15) is 26.4 Å². The second kappa shape index (κ2) is 10.9. The Bertz CT molecular complexity index is 989. The lowest BCUT2D eigenvalue weighted by Crippen LogP contribution is -2.13. The monoisotopic (exact) mass is 456 g/mol. The number of benzene rings is 2. The predicted molar refractivity (Wildman–Crippen MR) is 96.1 cm³/mol. The van der Waals surface area contributed by atoms with Crippen molar-refractivity contribution in [3.8, 4) is 0 Å². The highest BCUT2D eigenvalue weighted by atomic mass is 35.5. The van der Waals surface area contributed by atoms with Crippen molar-refractivity contribution in [3.05, 3.63) is 69.7 Å². The molecule has 158 valence electrons. The van der Waals surface area contributed by atoms with E-state index in [-0.39, 0.29) is 34.9 Å². The summed E-state index contributed by atoms with van der Waals surface area (Å²) < 4.78 is 88.6. The molecule has 0 unspecified atom stereocenters. The summed E-state index contributed by atoms with van der Waals surface area (Å²) in [7, 11) is -2.61. The van der Waals surface area contributed by atoms with Crippen LogP contribution in [0.15, 0.2) is 41.6 Å². The second-order valence-electron chi connectivity index (χ2n) is 5.32. The van der Waals surface area contributed by atoms with E-state index in [2.05, 4.69) is 5.16 Å². The number of halogens is 6. The Balaban J connectivity index is 0.000000960. The van der Waals surface area contributed by atoms with E-state index in [1.807, 2.05) is 0 Å². The molecule has 2 rings (SSSR count). The minimum Gasteiger partial charge on any atom is -0.391 e. The zero-order chi connectivity index (χ0) is 22.2. The molecule has 29 heavy (non-hydrogen) atoms. The summed E-state index contributed by atoms with van der Waals surface area (Å²) in [5.74, 6) is -1.57. The van der Waals surface area contributed by atoms with Crippen LogP contribution in [0.4, 0.5) is 22.0 Å². The lowest BCUT2D eigenvalue weighted by Gasteiger charge is -2.14. The lowest BCUT2D eigenvalue weighted by molar-refractivity contribution is -0.137. The molecule has 0 atom stereocenters. The van der Waals surface area contributed by atoms with Crippen molar-refractivity contribution in [1.29, 1.82) is 4.78 Å². The molecule has 0 fully saturated rings. The first kappa shape index (κ1) is 24.5. The fourth-order valence-corrected chi connectivity index (χ4v) is 2.30. The number of nitrogens with one attached hydrogen (secondary N) is 1. The Morgan fingerprint density at radius 3 is 2.31 bits per heavy atom. The number of oxime groups is 1. The van der Waals surface area contributed by atoms with Crippen molar-refractivity contribution in [2.24, 2.45) is 5.16 Å². The van der Waals surface area contributed by atoms with Crippen LogP contribution >= 0.6 is 11.6 Å². The largest absolute Gasteiger partial charge is 0.417 e. The van der Waals surface area contributed by atoms with Gasteiger partial charge in [-0.05, 0) is 36.8 Å². The van der Waals surface area contributed by atoms with Crippen LogP contribution in [0.3, 0.4) is 0 Å². The maximum absolute atomic E-state index is 13.5. The minimum atomic E-state index is -4.58. The first-order valence-electron chi connectivity index (χ1n) is 7.76. The van der Waals surface area contributed by atoms with Gasteiger partial charge in [0.1, 0.15) is 18.2 Å². The molecule has 0 aliphatic rings. The standard InChI is InChI=1S/C17H13ClF5NO.HNO2S/c1-2-16(13-7-11(18)4-6-14(13)17(21,22)23)24-25-9-10-3-5-12(19)8-15(10)20;1-4(2)3/h3-8H,2,9H2,1H3;1H/b24-16+;. The Morgan fingerprint density at radius 2 is 1.79 bits per heavy atom. The summed E-state index contributed by atoms with van der Waals surface area (Å²) in [5, 5.41) is 3.80. The molecule has 1 N–H and O–H groups in total. The Hall–Kier alpha value is -2.53. The third-order valence-electron chi connectivity index (χ3n) is 3.34. The van der Waals surface area contributed by atoms with Crippen molar-refractivity contribution in [2.45, 2.75) is 26.1 Å². The van der Waals surface area contributed by atoms with Gasteiger partial charge < -0.3 is 4.84 Å². The molecule has 0 radical (unpaired) electrons. The van der Waals surface area contributed by atoms with Gasteiger partial charge in [0, 0.05) is 22.2 Å². The van der Waals surface area contributed by atoms with E-state index in [9.17, 15) is 22.0 Å². The normalized spacial score (nSPS) is 11.5. The van der Waals surface area contributed by atoms with Gasteiger partial charge in [0.15, 0.2) is 0 Å². The molecule has 0 aliphatic heterocycles. The van der Waals surface area contributed by atoms with Gasteiger partial charge in [0.25, 0.3) is 0 Å². The van der Waals surface area contributed by atoms with Crippen LogP contribution in [0.5, 0.6) is 0 Å². The molecule has 5 nitrogen and oxygen atoms in total. The van der Waals surface area contributed by atoms with Crippen LogP contribution in [0.2, 0.25) is 5.02 Å². The van der Waals surface area contributed by atoms with Gasteiger partial charge in [0.05, 0.1) is 11.3 Å². The average molecular weight is 457 g/mol. The van der Waals surface area contributed by atoms with Crippen LogP contribution in [-0.4, -0.2) is 14.1 Å². The molecule has 0 aromatic heterocycles. The van der Waals surface area contributed by atoms with Gasteiger partial charge in [0.2, 0.25) is 0 Å². The van der Waals surface area contributed by atoms with Gasteiger partial charge in [-0.25, -0.2) is 8.78 Å². The maximum atomic E-state index is 13.5. The molecule has 0 heterocycles. The molecule has 0 bridgehead atoms. The van der Waals surface area contributed by atoms with E-state index in [4.69, 9.17) is 29.6 Å². The number of hydrogen-bond acceptors (Lipinski definition) is 5. The SMILES string of the molecule is CC/C(=N\OCc1ccc(F)cc1F)c1cc(Cl)ccc1C(F)(F)F.N=S(=O)=O. The fraction of sp³-hybridized carbons (Fsp3) is 0.235. The summed E-state index contributed by atoms with van der Waals surface area (Å²) >= 11 is 5.79. The number of hydrogen-bond donors (Lipinski definition) is 1. The predicted octanol–water partition coefficient (Wildman–Crippen LogP) is 5.60. The molecule has 2 aromatic carbocycles. The van der Waals surface area contributed by atoms with Crippen molar-refractivity contribution >= 4 is 27.8 Å². The molecule has 0 amide bonds. The summed E-state index contributed by atoms with van der Waals surface area (Å²) in [4.78, 5) is 4.97. The zero-order valence-corrected chi connectivity index (χ0v) is 16.3. The number of alkyl halides is 3. The number of rotatable bonds is 5. The summed E-state index contributed by atoms with van der Waals surface area (Å²) in [6.45, 7) is 1.25. The van der Waals surface area contributed by atoms with E-state index < -0.39 is 33.9 Å². The van der Waals surface area contributed by atoms with Gasteiger partial charge >= 0.3 is 16.7 Å². The smallest absolute Gasteiger partial charge is 0.391 e. The van der Waals surface area contributed by atoms with Gasteiger partial charge in [-0.1, -0.05) is 23.7 Å². The molecule has 0 saturated carbocycles. The molecule has 0 aliphatic carbocycles. The first-order chi connectivity index (χ1) is 13.5. The van der Waals surface area contributed by atoms with E-state index in [1.165, 1.54) is 6.07 Å². The van der Waals surface area contributed by atoms with Crippen molar-refractivity contribution < 1.29 is 35.2 Å². The Labute approximate surface area is 169 Å². The molecule has 2 aromatic rings. The fourth-order valence-electron chi connectivity index (χ4n) is 2.13. The van der Waals surface area contributed by atoms with E-state index >= 15 is 0 Å². The van der Waals surface area contributed by atoms with Crippen LogP contribution in [0.25, 0.3) is 0 Å². The third kappa shape index (κ3) is 8.16. The molecule has 0 spiro atoms. The van der Waals surface area contributed by atoms with Crippen LogP contribution in [-0.2, 0) is 28.1 Å². The zero-order valence-electron chi connectivity index (χ0n) is 14.7. The molecule has 0 saturated heterocycles. The summed E-state index contributed by atoms with van der Waals surface area (Å²) in [6, 6.07) is 6.05. The second-order valence-corrected chi connectivity index (χ2v) is 6.23. The van der Waals surface area contributed by atoms with Crippen molar-refractivity contribution in [1.82, 2.24) is 0 Å². The van der Waals surface area contributed by atoms with Crippen LogP contribution < -0.4 is 0 Å². The molecule has 12 heteroatoms. The third-order valence-corrected chi connectivity index (χ3v) is 3.58. The van der Waals surface area contributed by atoms with Crippen molar-refractivity contribution in [2.75, 3.05) is 0 Å². The average Bonchev–Trinajstić information content (AvgIpc) is 2.58. The maximum Gasteiger partial charge on any atom is 0.417 e. The summed E-state index contributed by atoms with van der Waals surface area (Å²) in [6.07, 6.45) is -4.45. The minimum absolute atomic E-state index is 0.0114. The van der Waals surface area contributed by atoms with Gasteiger partial charge in [-0.15, -0.1) is 0 Å². The topological polar surface area (TPSA) is 79.6 Å². The molecular formula is C17H14ClF5N2O3S. The Morgan fingerprint density at radius 1 is 1.17 bits per heavy atom. The van der Waals surface area contributed by atoms with Crippen LogP contribution in [0.1, 0.15) is 30.0 Å². The summed E-state index contributed by atoms with van der Waals surface area (Å²) in [5.41, 5.74) is -1.06. The van der Waals surface area contributed by atoms with E-state index in [1.54, 1.807) is 6.92 Å². The highest BCUT2D eigenvalue weighted by Crippen LogP contribution is 2.34. The number of nitrogens with zero attached hydrogens (tertiary/aromatic N) is 1. The van der Waals surface area contributed by atoms with Crippen molar-refractivity contribution in [3.63, 3.8) is 0 Å². The molecular weight excluding hydrogens is 443 g/mol. The van der Waals surface area contributed by atoms with E-state index in [0.717, 1.165) is 24.3 Å². The first-order valence-corrected chi connectivity index (χ1v) is 9.21. The van der Waals surface area contributed by atoms with E-state index in [0.29, 0.717) is 6.07 Å². The quantitative estimate of drug-likeness (QED) is 0.361. The highest BCUT2D eigenvalue weighted by molar-refractivity contribution is 7.60. The van der Waals surface area contributed by atoms with Gasteiger partial charge in [-0.3, -0.25) is 0 Å². The lowest BCUT2D eigenvalue weighted by atomic mass is 10.0. The highest BCUT2D eigenvalue weighted by Gasteiger charge is 2.34. The Kier molecular flexibility index (Phi) is 9.18.